The van der Waals surface area contributed by atoms with E-state index in [-0.39, 0.29) is 0 Å². The maximum atomic E-state index is 10.2. The highest BCUT2D eigenvalue weighted by Gasteiger charge is 1.86. The standard InChI is InChI=1S/C9H18O2S/c1-2-3-4-5-6-7-8-9-12(10)11/h8-9H,2-7H2,1H3,(H,10,11). The van der Waals surface area contributed by atoms with Gasteiger partial charge in [-0.05, 0) is 12.8 Å². The first-order chi connectivity index (χ1) is 5.77. The Hall–Kier alpha value is -0.150. The lowest BCUT2D eigenvalue weighted by Gasteiger charge is -1.95. The molecule has 0 saturated carbocycles. The smallest absolute Gasteiger partial charge is 0.178 e. The average molecular weight is 190 g/mol. The maximum Gasteiger partial charge on any atom is 0.178 e. The number of hydrogen-bond donors (Lipinski definition) is 1. The molecule has 0 spiro atoms. The summed E-state index contributed by atoms with van der Waals surface area (Å²) in [6, 6.07) is 0. The molecule has 0 aliphatic rings. The Labute approximate surface area is 77.3 Å². The summed E-state index contributed by atoms with van der Waals surface area (Å²) in [6.07, 6.45) is 8.92. The van der Waals surface area contributed by atoms with Crippen LogP contribution < -0.4 is 0 Å². The fourth-order valence-electron chi connectivity index (χ4n) is 1.02. The van der Waals surface area contributed by atoms with E-state index in [9.17, 15) is 4.21 Å². The predicted octanol–water partition coefficient (Wildman–Crippen LogP) is 3.08. The summed E-state index contributed by atoms with van der Waals surface area (Å²) >= 11 is -1.75. The molecule has 0 aromatic rings. The van der Waals surface area contributed by atoms with Gasteiger partial charge in [-0.25, -0.2) is 4.21 Å². The molecule has 0 heterocycles. The third-order valence-electron chi connectivity index (χ3n) is 1.69. The zero-order valence-electron chi connectivity index (χ0n) is 7.66. The van der Waals surface area contributed by atoms with Crippen molar-refractivity contribution in [2.24, 2.45) is 0 Å². The van der Waals surface area contributed by atoms with Crippen LogP contribution in [0.5, 0.6) is 0 Å². The van der Waals surface area contributed by atoms with Gasteiger partial charge in [-0.15, -0.1) is 0 Å². The minimum absolute atomic E-state index is 0.927. The van der Waals surface area contributed by atoms with Crippen molar-refractivity contribution in [3.05, 3.63) is 11.5 Å². The van der Waals surface area contributed by atoms with Crippen LogP contribution in [0.1, 0.15) is 45.4 Å². The van der Waals surface area contributed by atoms with Crippen molar-refractivity contribution in [1.82, 2.24) is 0 Å². The van der Waals surface area contributed by atoms with Gasteiger partial charge >= 0.3 is 0 Å². The molecule has 12 heavy (non-hydrogen) atoms. The van der Waals surface area contributed by atoms with Crippen molar-refractivity contribution in [1.29, 1.82) is 0 Å². The lowest BCUT2D eigenvalue weighted by atomic mass is 10.1. The highest BCUT2D eigenvalue weighted by atomic mass is 32.2. The van der Waals surface area contributed by atoms with Gasteiger partial charge in [-0.3, -0.25) is 0 Å². The fourth-order valence-corrected chi connectivity index (χ4v) is 1.32. The van der Waals surface area contributed by atoms with E-state index in [0.717, 1.165) is 12.8 Å². The molecule has 0 radical (unpaired) electrons. The molecule has 0 aliphatic carbocycles. The predicted molar refractivity (Wildman–Crippen MR) is 53.3 cm³/mol. The lowest BCUT2D eigenvalue weighted by Crippen LogP contribution is -1.78. The van der Waals surface area contributed by atoms with Crippen molar-refractivity contribution in [2.45, 2.75) is 45.4 Å². The van der Waals surface area contributed by atoms with Crippen molar-refractivity contribution in [3.8, 4) is 0 Å². The van der Waals surface area contributed by atoms with E-state index in [1.807, 2.05) is 0 Å². The van der Waals surface area contributed by atoms with Gasteiger partial charge in [0, 0.05) is 5.41 Å². The van der Waals surface area contributed by atoms with Crippen molar-refractivity contribution >= 4 is 11.1 Å². The van der Waals surface area contributed by atoms with E-state index >= 15 is 0 Å². The van der Waals surface area contributed by atoms with E-state index in [0.29, 0.717) is 0 Å². The quantitative estimate of drug-likeness (QED) is 0.495. The van der Waals surface area contributed by atoms with Crippen LogP contribution in [-0.4, -0.2) is 8.76 Å². The van der Waals surface area contributed by atoms with Gasteiger partial charge in [-0.1, -0.05) is 38.7 Å². The Balaban J connectivity index is 3.05. The molecule has 1 atom stereocenters. The van der Waals surface area contributed by atoms with Crippen molar-refractivity contribution in [2.75, 3.05) is 0 Å². The monoisotopic (exact) mass is 190 g/mol. The first-order valence-corrected chi connectivity index (χ1v) is 5.70. The molecule has 1 N–H and O–H groups in total. The average Bonchev–Trinajstić information content (AvgIpc) is 2.02. The normalized spacial score (nSPS) is 13.8. The Morgan fingerprint density at radius 3 is 2.50 bits per heavy atom. The van der Waals surface area contributed by atoms with Gasteiger partial charge < -0.3 is 4.55 Å². The van der Waals surface area contributed by atoms with Crippen molar-refractivity contribution in [3.63, 3.8) is 0 Å². The summed E-state index contributed by atoms with van der Waals surface area (Å²) in [6.45, 7) is 2.19. The molecule has 0 bridgehead atoms. The largest absolute Gasteiger partial charge is 0.303 e. The molecule has 72 valence electrons. The summed E-state index contributed by atoms with van der Waals surface area (Å²) < 4.78 is 18.5. The Morgan fingerprint density at radius 2 is 1.92 bits per heavy atom. The third kappa shape index (κ3) is 9.85. The van der Waals surface area contributed by atoms with Gasteiger partial charge in [0.1, 0.15) is 0 Å². The highest BCUT2D eigenvalue weighted by molar-refractivity contribution is 7.82. The minimum atomic E-state index is -1.75. The lowest BCUT2D eigenvalue weighted by molar-refractivity contribution is 0.574. The number of rotatable bonds is 7. The van der Waals surface area contributed by atoms with E-state index < -0.39 is 11.1 Å². The molecule has 1 unspecified atom stereocenters. The molecule has 3 heteroatoms. The Morgan fingerprint density at radius 1 is 1.25 bits per heavy atom. The van der Waals surface area contributed by atoms with Gasteiger partial charge in [0.25, 0.3) is 0 Å². The van der Waals surface area contributed by atoms with Gasteiger partial charge in [-0.2, -0.15) is 0 Å². The van der Waals surface area contributed by atoms with Crippen LogP contribution in [-0.2, 0) is 11.1 Å². The van der Waals surface area contributed by atoms with Gasteiger partial charge in [0.15, 0.2) is 11.1 Å². The first kappa shape index (κ1) is 11.8. The molecular formula is C9H18O2S. The molecule has 0 aromatic carbocycles. The summed E-state index contributed by atoms with van der Waals surface area (Å²) in [5.41, 5.74) is 0. The van der Waals surface area contributed by atoms with E-state index in [1.165, 1.54) is 31.1 Å². The second-order valence-electron chi connectivity index (χ2n) is 2.85. The molecule has 0 aromatic heterocycles. The van der Waals surface area contributed by atoms with Crippen LogP contribution >= 0.6 is 0 Å². The van der Waals surface area contributed by atoms with Crippen LogP contribution in [0.2, 0.25) is 0 Å². The summed E-state index contributed by atoms with van der Waals surface area (Å²) in [4.78, 5) is 0. The van der Waals surface area contributed by atoms with Crippen LogP contribution in [0.25, 0.3) is 0 Å². The molecule has 0 saturated heterocycles. The molecule has 0 amide bonds. The Bertz CT molecular complexity index is 143. The molecule has 2 nitrogen and oxygen atoms in total. The second-order valence-corrected chi connectivity index (χ2v) is 3.68. The first-order valence-electron chi connectivity index (χ1n) is 4.53. The van der Waals surface area contributed by atoms with Crippen LogP contribution in [0, 0.1) is 0 Å². The fraction of sp³-hybridized carbons (Fsp3) is 0.778. The van der Waals surface area contributed by atoms with Crippen LogP contribution in [0.4, 0.5) is 0 Å². The van der Waals surface area contributed by atoms with Crippen LogP contribution in [0.3, 0.4) is 0 Å². The molecular weight excluding hydrogens is 172 g/mol. The topological polar surface area (TPSA) is 37.3 Å². The molecule has 0 rings (SSSR count). The summed E-state index contributed by atoms with van der Waals surface area (Å²) in [5, 5.41) is 1.33. The number of hydrogen-bond acceptors (Lipinski definition) is 1. The minimum Gasteiger partial charge on any atom is -0.303 e. The summed E-state index contributed by atoms with van der Waals surface area (Å²) in [5.74, 6) is 0. The highest BCUT2D eigenvalue weighted by Crippen LogP contribution is 2.05. The zero-order valence-corrected chi connectivity index (χ0v) is 8.48. The van der Waals surface area contributed by atoms with E-state index in [1.54, 1.807) is 6.08 Å². The molecule has 0 fully saturated rings. The third-order valence-corrected chi connectivity index (χ3v) is 2.11. The van der Waals surface area contributed by atoms with E-state index in [4.69, 9.17) is 4.55 Å². The summed E-state index contributed by atoms with van der Waals surface area (Å²) in [7, 11) is 0. The Kier molecular flexibility index (Phi) is 8.83. The van der Waals surface area contributed by atoms with E-state index in [2.05, 4.69) is 6.92 Å². The second kappa shape index (κ2) is 8.94. The number of allylic oxidation sites excluding steroid dienone is 1. The number of unbranched alkanes of at least 4 members (excludes halogenated alkanes) is 5. The SMILES string of the molecule is CCCCCCCC=CS(=O)O. The molecule has 0 aliphatic heterocycles. The maximum absolute atomic E-state index is 10.2. The van der Waals surface area contributed by atoms with Gasteiger partial charge in [0.05, 0.1) is 0 Å². The zero-order chi connectivity index (χ0) is 9.23. The van der Waals surface area contributed by atoms with Gasteiger partial charge in [0.2, 0.25) is 0 Å². The van der Waals surface area contributed by atoms with Crippen molar-refractivity contribution < 1.29 is 8.76 Å². The van der Waals surface area contributed by atoms with Crippen LogP contribution in [0.15, 0.2) is 11.5 Å².